The van der Waals surface area contributed by atoms with Crippen molar-refractivity contribution in [2.45, 2.75) is 40.2 Å². The fourth-order valence-electron chi connectivity index (χ4n) is 2.80. The molecule has 2 heterocycles. The molecule has 7 nitrogen and oxygen atoms in total. The van der Waals surface area contributed by atoms with E-state index in [9.17, 15) is 4.79 Å². The third-order valence-electron chi connectivity index (χ3n) is 4.05. The summed E-state index contributed by atoms with van der Waals surface area (Å²) in [6, 6.07) is 5.56. The van der Waals surface area contributed by atoms with Crippen molar-refractivity contribution in [3.05, 3.63) is 46.4 Å². The predicted octanol–water partition coefficient (Wildman–Crippen LogP) is 4.24. The van der Waals surface area contributed by atoms with Crippen LogP contribution in [0.4, 0.5) is 11.6 Å². The number of H-pyrrole nitrogens is 1. The molecule has 0 fully saturated rings. The van der Waals surface area contributed by atoms with E-state index in [1.54, 1.807) is 19.2 Å². The van der Waals surface area contributed by atoms with Crippen LogP contribution in [-0.2, 0) is 6.42 Å². The van der Waals surface area contributed by atoms with Crippen molar-refractivity contribution in [3.63, 3.8) is 0 Å². The van der Waals surface area contributed by atoms with Crippen LogP contribution in [0.3, 0.4) is 0 Å². The molecule has 8 heteroatoms. The number of rotatable bonds is 5. The number of nitrogens with one attached hydrogen (secondary N) is 3. The molecule has 0 unspecified atom stereocenters. The summed E-state index contributed by atoms with van der Waals surface area (Å²) in [4.78, 5) is 23.5. The van der Waals surface area contributed by atoms with Crippen molar-refractivity contribution in [1.29, 1.82) is 0 Å². The maximum absolute atomic E-state index is 11.8. The summed E-state index contributed by atoms with van der Waals surface area (Å²) in [6.07, 6.45) is 9.89. The number of nitrogen functional groups attached to an aromatic ring is 1. The Kier molecular flexibility index (Phi) is 9.66. The molecule has 0 aliphatic heterocycles. The summed E-state index contributed by atoms with van der Waals surface area (Å²) in [5.74, 6) is 0.945. The highest BCUT2D eigenvalue weighted by Gasteiger charge is 2.17. The van der Waals surface area contributed by atoms with Gasteiger partial charge in [-0.15, -0.1) is 12.8 Å². The average molecular weight is 429 g/mol. The Morgan fingerprint density at radius 3 is 2.53 bits per heavy atom. The van der Waals surface area contributed by atoms with E-state index in [1.807, 2.05) is 33.8 Å². The Morgan fingerprint density at radius 1 is 1.27 bits per heavy atom. The van der Waals surface area contributed by atoms with Crippen LogP contribution in [0.1, 0.15) is 49.3 Å². The second kappa shape index (κ2) is 11.7. The Morgan fingerprint density at radius 2 is 1.93 bits per heavy atom. The zero-order valence-electron chi connectivity index (χ0n) is 18.0. The number of nitrogens with zero attached hydrogens (tertiary/aromatic N) is 2. The van der Waals surface area contributed by atoms with Gasteiger partial charge < -0.3 is 21.4 Å². The van der Waals surface area contributed by atoms with Crippen molar-refractivity contribution < 1.29 is 4.79 Å². The number of aromatic nitrogens is 3. The minimum atomic E-state index is -0.150. The van der Waals surface area contributed by atoms with Gasteiger partial charge >= 0.3 is 0 Å². The molecule has 5 N–H and O–H groups in total. The fraction of sp³-hybridized carbons (Fsp3) is 0.318. The molecule has 0 bridgehead atoms. The number of fused-ring (bicyclic) bond motifs is 1. The van der Waals surface area contributed by atoms with E-state index < -0.39 is 0 Å². The van der Waals surface area contributed by atoms with Crippen LogP contribution < -0.4 is 16.4 Å². The predicted molar refractivity (Wildman–Crippen MR) is 126 cm³/mol. The van der Waals surface area contributed by atoms with Crippen LogP contribution in [-0.4, -0.2) is 33.9 Å². The van der Waals surface area contributed by atoms with Gasteiger partial charge in [0.1, 0.15) is 18.0 Å². The van der Waals surface area contributed by atoms with E-state index in [4.69, 9.17) is 17.3 Å². The number of carbonyl (C=O) groups excluding carboxylic acids is 1. The Labute approximate surface area is 182 Å². The van der Waals surface area contributed by atoms with Gasteiger partial charge in [-0.05, 0) is 26.0 Å². The number of anilines is 2. The van der Waals surface area contributed by atoms with Crippen molar-refractivity contribution in [2.75, 3.05) is 18.1 Å². The average Bonchev–Trinajstić information content (AvgIpc) is 3.07. The second-order valence-corrected chi connectivity index (χ2v) is 6.70. The first-order chi connectivity index (χ1) is 14.4. The smallest absolute Gasteiger partial charge is 0.251 e. The number of terminal acetylenes is 1. The Bertz CT molecular complexity index is 1010. The number of nitrogens with two attached hydrogens (primary N) is 1. The van der Waals surface area contributed by atoms with Gasteiger partial charge in [-0.2, -0.15) is 0 Å². The van der Waals surface area contributed by atoms with Crippen molar-refractivity contribution >= 4 is 40.0 Å². The van der Waals surface area contributed by atoms with Gasteiger partial charge in [0.25, 0.3) is 5.91 Å². The van der Waals surface area contributed by atoms with E-state index in [1.165, 1.54) is 6.33 Å². The van der Waals surface area contributed by atoms with Crippen LogP contribution in [0, 0.1) is 12.8 Å². The maximum atomic E-state index is 11.8. The Balaban J connectivity index is 0.00000106. The molecule has 30 heavy (non-hydrogen) atoms. The van der Waals surface area contributed by atoms with E-state index >= 15 is 0 Å². The third kappa shape index (κ3) is 5.65. The maximum Gasteiger partial charge on any atom is 0.251 e. The highest BCUT2D eigenvalue weighted by molar-refractivity contribution is 6.36. The van der Waals surface area contributed by atoms with Crippen molar-refractivity contribution in [3.8, 4) is 12.8 Å². The third-order valence-corrected chi connectivity index (χ3v) is 4.49. The molecule has 0 saturated carbocycles. The first-order valence-corrected chi connectivity index (χ1v) is 10.00. The van der Waals surface area contributed by atoms with Crippen LogP contribution in [0.25, 0.3) is 10.9 Å². The molecule has 0 spiro atoms. The molecule has 160 valence electrons. The van der Waals surface area contributed by atoms with Crippen LogP contribution >= 0.6 is 11.6 Å². The zero-order valence-corrected chi connectivity index (χ0v) is 18.8. The zero-order chi connectivity index (χ0) is 22.8. The number of aromatic amines is 1. The van der Waals surface area contributed by atoms with Crippen LogP contribution in [0.15, 0.2) is 24.5 Å². The van der Waals surface area contributed by atoms with Crippen LogP contribution in [0.5, 0.6) is 0 Å². The molecular formula is C22H29ClN6O. The summed E-state index contributed by atoms with van der Waals surface area (Å²) in [5, 5.41) is 7.34. The lowest BCUT2D eigenvalue weighted by molar-refractivity contribution is 0.0963. The monoisotopic (exact) mass is 428 g/mol. The first kappa shape index (κ1) is 24.8. The molecule has 0 radical (unpaired) electrons. The summed E-state index contributed by atoms with van der Waals surface area (Å²) in [5.41, 5.74) is 9.00. The van der Waals surface area contributed by atoms with Gasteiger partial charge in [-0.1, -0.05) is 31.5 Å². The van der Waals surface area contributed by atoms with E-state index in [-0.39, 0.29) is 11.9 Å². The summed E-state index contributed by atoms with van der Waals surface area (Å²) in [7, 11) is 1.60. The number of amides is 1. The topological polar surface area (TPSA) is 109 Å². The largest absolute Gasteiger partial charge is 0.383 e. The minimum Gasteiger partial charge on any atom is -0.383 e. The molecular weight excluding hydrogens is 400 g/mol. The lowest BCUT2D eigenvalue weighted by atomic mass is 10.1. The van der Waals surface area contributed by atoms with Crippen molar-refractivity contribution in [2.24, 2.45) is 0 Å². The lowest BCUT2D eigenvalue weighted by Crippen LogP contribution is -2.17. The molecule has 1 aromatic carbocycles. The highest BCUT2D eigenvalue weighted by atomic mass is 35.5. The fourth-order valence-corrected chi connectivity index (χ4v) is 3.08. The van der Waals surface area contributed by atoms with Gasteiger partial charge in [0, 0.05) is 47.2 Å². The van der Waals surface area contributed by atoms with Gasteiger partial charge in [0.15, 0.2) is 0 Å². The molecule has 0 aliphatic rings. The van der Waals surface area contributed by atoms with Gasteiger partial charge in [-0.25, -0.2) is 9.97 Å². The molecule has 3 aromatic rings. The highest BCUT2D eigenvalue weighted by Crippen LogP contribution is 2.32. The van der Waals surface area contributed by atoms with E-state index in [0.717, 1.165) is 22.2 Å². The number of carbonyl (C=O) groups is 1. The molecule has 3 rings (SSSR count). The number of halogens is 1. The molecule has 0 atom stereocenters. The van der Waals surface area contributed by atoms with E-state index in [2.05, 4.69) is 38.4 Å². The normalized spacial score (nSPS) is 9.90. The van der Waals surface area contributed by atoms with Gasteiger partial charge in [0.2, 0.25) is 0 Å². The van der Waals surface area contributed by atoms with Gasteiger partial charge in [-0.3, -0.25) is 4.79 Å². The summed E-state index contributed by atoms with van der Waals surface area (Å²) in [6.45, 7) is 8.05. The first-order valence-electron chi connectivity index (χ1n) is 9.62. The van der Waals surface area contributed by atoms with Crippen LogP contribution in [0.2, 0.25) is 5.02 Å². The quantitative estimate of drug-likeness (QED) is 0.454. The van der Waals surface area contributed by atoms with Crippen molar-refractivity contribution in [1.82, 2.24) is 20.3 Å². The molecule has 0 aliphatic carbocycles. The van der Waals surface area contributed by atoms with Gasteiger partial charge in [0.05, 0.1) is 5.02 Å². The summed E-state index contributed by atoms with van der Waals surface area (Å²) < 4.78 is 0. The standard InChI is InChI=1S/C18H21ClN6O.C2H6.C2H2/c1-9(2)24-17-12(16(20)22-8-23-17)7-14-15(19)11-5-4-10(18(26)21-3)6-13(11)25-14;2*1-2/h4-6,8-9,25H,7H2,1-3H3,(H,21,26)(H3,20,22,23,24);1-2H3;1-2H. The molecule has 0 saturated heterocycles. The lowest BCUT2D eigenvalue weighted by Gasteiger charge is -2.14. The SMILES string of the molecule is C#C.CC.CNC(=O)c1ccc2c(Cl)c(Cc3c(N)ncnc3NC(C)C)[nH]c2c1. The number of hydrogen-bond donors (Lipinski definition) is 4. The minimum absolute atomic E-state index is 0.150. The molecule has 2 aromatic heterocycles. The Hall–Kier alpha value is -3.24. The molecule has 1 amide bonds. The number of benzene rings is 1. The second-order valence-electron chi connectivity index (χ2n) is 6.32. The number of hydrogen-bond acceptors (Lipinski definition) is 5. The van der Waals surface area contributed by atoms with E-state index in [0.29, 0.717) is 28.6 Å². The summed E-state index contributed by atoms with van der Waals surface area (Å²) >= 11 is 6.55.